The van der Waals surface area contributed by atoms with E-state index in [-0.39, 0.29) is 11.9 Å². The van der Waals surface area contributed by atoms with E-state index in [2.05, 4.69) is 25.9 Å². The molecule has 1 atom stereocenters. The molecule has 100 valence electrons. The van der Waals surface area contributed by atoms with Crippen molar-refractivity contribution in [2.75, 3.05) is 6.26 Å². The Kier molecular flexibility index (Phi) is 4.51. The summed E-state index contributed by atoms with van der Waals surface area (Å²) in [6.07, 6.45) is 2.05. The van der Waals surface area contributed by atoms with Crippen molar-refractivity contribution in [1.82, 2.24) is 25.9 Å². The quantitative estimate of drug-likeness (QED) is 0.866. The van der Waals surface area contributed by atoms with Crippen LogP contribution in [-0.4, -0.2) is 32.8 Å². The van der Waals surface area contributed by atoms with E-state index < -0.39 is 0 Å². The molecular weight excluding hydrogens is 262 g/mol. The monoisotopic (exact) mass is 277 g/mol. The molecule has 0 saturated carbocycles. The third-order valence-corrected chi connectivity index (χ3v) is 3.25. The minimum atomic E-state index is -0.280. The van der Waals surface area contributed by atoms with E-state index in [4.69, 9.17) is 0 Å². The summed E-state index contributed by atoms with van der Waals surface area (Å²) in [6, 6.07) is 7.29. The maximum absolute atomic E-state index is 12.0. The number of H-pyrrole nitrogens is 1. The molecule has 19 heavy (non-hydrogen) atoms. The summed E-state index contributed by atoms with van der Waals surface area (Å²) in [5.74, 6) is 1.27. The van der Waals surface area contributed by atoms with E-state index in [1.807, 2.05) is 37.4 Å². The van der Waals surface area contributed by atoms with Gasteiger partial charge in [-0.2, -0.15) is 17.0 Å². The molecule has 1 heterocycles. The Bertz CT molecular complexity index is 526. The van der Waals surface area contributed by atoms with Gasteiger partial charge in [0, 0.05) is 11.3 Å². The number of carbonyl (C=O) groups excluding carboxylic acids is 1. The average Bonchev–Trinajstić information content (AvgIpc) is 2.94. The van der Waals surface area contributed by atoms with Crippen LogP contribution in [0.25, 0.3) is 0 Å². The van der Waals surface area contributed by atoms with E-state index in [0.717, 1.165) is 5.75 Å². The highest BCUT2D eigenvalue weighted by atomic mass is 32.2. The molecule has 0 spiro atoms. The minimum Gasteiger partial charge on any atom is -0.342 e. The molecule has 1 aromatic carbocycles. The van der Waals surface area contributed by atoms with Gasteiger partial charge in [-0.3, -0.25) is 4.79 Å². The second-order valence-corrected chi connectivity index (χ2v) is 4.96. The Hall–Kier alpha value is -1.89. The van der Waals surface area contributed by atoms with Crippen LogP contribution in [0, 0.1) is 0 Å². The second kappa shape index (κ2) is 6.33. The molecule has 0 aliphatic carbocycles. The molecule has 2 N–H and O–H groups in total. The minimum absolute atomic E-state index is 0.145. The van der Waals surface area contributed by atoms with Crippen molar-refractivity contribution in [3.05, 3.63) is 41.2 Å². The lowest BCUT2D eigenvalue weighted by molar-refractivity contribution is 0.0938. The van der Waals surface area contributed by atoms with Crippen LogP contribution >= 0.6 is 11.8 Å². The normalized spacial score (nSPS) is 12.1. The van der Waals surface area contributed by atoms with E-state index in [1.54, 1.807) is 11.8 Å². The highest BCUT2D eigenvalue weighted by molar-refractivity contribution is 7.97. The Morgan fingerprint density at radius 3 is 2.74 bits per heavy atom. The van der Waals surface area contributed by atoms with Crippen molar-refractivity contribution in [2.45, 2.75) is 18.7 Å². The van der Waals surface area contributed by atoms with Gasteiger partial charge in [-0.1, -0.05) is 17.3 Å². The topological polar surface area (TPSA) is 83.6 Å². The van der Waals surface area contributed by atoms with Crippen molar-refractivity contribution in [3.8, 4) is 0 Å². The molecule has 0 saturated heterocycles. The first-order valence-electron chi connectivity index (χ1n) is 5.83. The Balaban J connectivity index is 1.99. The van der Waals surface area contributed by atoms with Crippen molar-refractivity contribution in [2.24, 2.45) is 0 Å². The number of carbonyl (C=O) groups is 1. The number of aromatic amines is 1. The van der Waals surface area contributed by atoms with Gasteiger partial charge in [0.1, 0.15) is 0 Å². The maximum Gasteiger partial charge on any atom is 0.251 e. The first kappa shape index (κ1) is 13.5. The summed E-state index contributed by atoms with van der Waals surface area (Å²) >= 11 is 1.75. The average molecular weight is 277 g/mol. The van der Waals surface area contributed by atoms with Crippen LogP contribution in [0.2, 0.25) is 0 Å². The third-order valence-electron chi connectivity index (χ3n) is 2.62. The predicted molar refractivity (Wildman–Crippen MR) is 73.7 cm³/mol. The first-order chi connectivity index (χ1) is 9.20. The molecule has 1 amide bonds. The summed E-state index contributed by atoms with van der Waals surface area (Å²) < 4.78 is 0. The van der Waals surface area contributed by atoms with Crippen LogP contribution in [0.15, 0.2) is 24.3 Å². The largest absolute Gasteiger partial charge is 0.342 e. The van der Waals surface area contributed by atoms with E-state index in [0.29, 0.717) is 11.4 Å². The molecule has 2 rings (SSSR count). The zero-order valence-corrected chi connectivity index (χ0v) is 11.6. The van der Waals surface area contributed by atoms with Crippen molar-refractivity contribution in [1.29, 1.82) is 0 Å². The molecule has 0 fully saturated rings. The van der Waals surface area contributed by atoms with Crippen LogP contribution < -0.4 is 5.32 Å². The van der Waals surface area contributed by atoms with Crippen molar-refractivity contribution >= 4 is 17.7 Å². The van der Waals surface area contributed by atoms with E-state index in [9.17, 15) is 4.79 Å². The number of nitrogens with one attached hydrogen (secondary N) is 2. The maximum atomic E-state index is 12.0. The number of amides is 1. The summed E-state index contributed by atoms with van der Waals surface area (Å²) in [6.45, 7) is 1.81. The van der Waals surface area contributed by atoms with Gasteiger partial charge in [0.25, 0.3) is 5.91 Å². The SMILES string of the molecule is CSCc1ccc(C(=O)NC(C)c2nn[nH]n2)cc1. The fraction of sp³-hybridized carbons (Fsp3) is 0.333. The van der Waals surface area contributed by atoms with Gasteiger partial charge in [0.2, 0.25) is 0 Å². The highest BCUT2D eigenvalue weighted by Crippen LogP contribution is 2.11. The Morgan fingerprint density at radius 1 is 1.42 bits per heavy atom. The van der Waals surface area contributed by atoms with E-state index >= 15 is 0 Å². The van der Waals surface area contributed by atoms with Gasteiger partial charge in [-0.15, -0.1) is 10.2 Å². The molecule has 0 aliphatic rings. The Morgan fingerprint density at radius 2 is 2.16 bits per heavy atom. The van der Waals surface area contributed by atoms with Gasteiger partial charge >= 0.3 is 0 Å². The van der Waals surface area contributed by atoms with Crippen molar-refractivity contribution < 1.29 is 4.79 Å². The number of nitrogens with zero attached hydrogens (tertiary/aromatic N) is 3. The molecule has 2 aromatic rings. The lowest BCUT2D eigenvalue weighted by Crippen LogP contribution is -2.27. The zero-order chi connectivity index (χ0) is 13.7. The number of thioether (sulfide) groups is 1. The number of rotatable bonds is 5. The van der Waals surface area contributed by atoms with Gasteiger partial charge in [0.15, 0.2) is 5.82 Å². The summed E-state index contributed by atoms with van der Waals surface area (Å²) in [5, 5.41) is 16.3. The third kappa shape index (κ3) is 3.54. The van der Waals surface area contributed by atoms with Crippen molar-refractivity contribution in [3.63, 3.8) is 0 Å². The summed E-state index contributed by atoms with van der Waals surface area (Å²) in [7, 11) is 0. The fourth-order valence-electron chi connectivity index (χ4n) is 1.62. The van der Waals surface area contributed by atoms with Crippen LogP contribution in [0.3, 0.4) is 0 Å². The first-order valence-corrected chi connectivity index (χ1v) is 7.22. The summed E-state index contributed by atoms with van der Waals surface area (Å²) in [5.41, 5.74) is 1.83. The predicted octanol–water partition coefficient (Wildman–Crippen LogP) is 1.55. The van der Waals surface area contributed by atoms with Gasteiger partial charge in [-0.25, -0.2) is 0 Å². The molecule has 6 nitrogen and oxygen atoms in total. The lowest BCUT2D eigenvalue weighted by atomic mass is 10.1. The number of hydrogen-bond acceptors (Lipinski definition) is 5. The molecular formula is C12H15N5OS. The van der Waals surface area contributed by atoms with Crippen LogP contribution in [-0.2, 0) is 5.75 Å². The van der Waals surface area contributed by atoms with Gasteiger partial charge in [0.05, 0.1) is 6.04 Å². The fourth-order valence-corrected chi connectivity index (χ4v) is 2.14. The molecule has 0 radical (unpaired) electrons. The zero-order valence-electron chi connectivity index (χ0n) is 10.8. The molecule has 0 aliphatic heterocycles. The van der Waals surface area contributed by atoms with Crippen LogP contribution in [0.5, 0.6) is 0 Å². The Labute approximate surface area is 115 Å². The van der Waals surface area contributed by atoms with Gasteiger partial charge < -0.3 is 5.32 Å². The van der Waals surface area contributed by atoms with Crippen LogP contribution in [0.1, 0.15) is 34.7 Å². The standard InChI is InChI=1S/C12H15N5OS/c1-8(11-14-16-17-15-11)13-12(18)10-5-3-9(4-6-10)7-19-2/h3-6,8H,7H2,1-2H3,(H,13,18)(H,14,15,16,17). The number of aromatic nitrogens is 4. The van der Waals surface area contributed by atoms with Gasteiger partial charge in [-0.05, 0) is 30.9 Å². The molecule has 7 heteroatoms. The molecule has 0 bridgehead atoms. The number of tetrazole rings is 1. The lowest BCUT2D eigenvalue weighted by Gasteiger charge is -2.10. The summed E-state index contributed by atoms with van der Waals surface area (Å²) in [4.78, 5) is 12.0. The second-order valence-electron chi connectivity index (χ2n) is 4.10. The van der Waals surface area contributed by atoms with E-state index in [1.165, 1.54) is 5.56 Å². The highest BCUT2D eigenvalue weighted by Gasteiger charge is 2.14. The number of benzene rings is 1. The number of hydrogen-bond donors (Lipinski definition) is 2. The molecule has 1 unspecified atom stereocenters. The smallest absolute Gasteiger partial charge is 0.251 e. The van der Waals surface area contributed by atoms with Crippen LogP contribution in [0.4, 0.5) is 0 Å². The molecule has 1 aromatic heterocycles.